The van der Waals surface area contributed by atoms with E-state index in [-0.39, 0.29) is 12.2 Å². The molecule has 3 N–H and O–H groups in total. The summed E-state index contributed by atoms with van der Waals surface area (Å²) in [6, 6.07) is 5.71. The molecule has 0 fully saturated rings. The van der Waals surface area contributed by atoms with Crippen LogP contribution in [0.15, 0.2) is 18.2 Å². The molecule has 0 heterocycles. The standard InChI is InChI=1S/C22H31NO4/c1-3-4-5-6-7-8-9-10-11-12-21(25)23-20(22(26)27)16-18-13-14-19(24)15-17(18)2/h11-12,15,20,24H,3-10,16H2,1-2H3,(H,23,25)(H,26,27)/b12-11+. The third-order valence-electron chi connectivity index (χ3n) is 4.44. The molecule has 5 heteroatoms. The maximum absolute atomic E-state index is 12.0. The molecular weight excluding hydrogens is 342 g/mol. The fraction of sp³-hybridized carbons (Fsp3) is 0.545. The van der Waals surface area contributed by atoms with Crippen LogP contribution in [0.3, 0.4) is 0 Å². The highest BCUT2D eigenvalue weighted by Gasteiger charge is 2.20. The molecule has 148 valence electrons. The average Bonchev–Trinajstić information content (AvgIpc) is 2.61. The van der Waals surface area contributed by atoms with Gasteiger partial charge in [-0.05, 0) is 43.5 Å². The van der Waals surface area contributed by atoms with E-state index in [1.165, 1.54) is 44.2 Å². The van der Waals surface area contributed by atoms with E-state index in [9.17, 15) is 19.8 Å². The van der Waals surface area contributed by atoms with E-state index in [0.717, 1.165) is 19.3 Å². The molecule has 0 aliphatic rings. The fourth-order valence-electron chi connectivity index (χ4n) is 2.81. The van der Waals surface area contributed by atoms with Gasteiger partial charge in [-0.25, -0.2) is 4.79 Å². The highest BCUT2D eigenvalue weighted by Crippen LogP contribution is 2.13. The number of nitrogens with one attached hydrogen (secondary N) is 1. The van der Waals surface area contributed by atoms with Gasteiger partial charge in [-0.3, -0.25) is 4.79 Å². The molecule has 0 bridgehead atoms. The number of hydrogen-bond acceptors (Lipinski definition) is 3. The van der Waals surface area contributed by atoms with Gasteiger partial charge < -0.3 is 15.5 Å². The van der Waals surface area contributed by atoms with Gasteiger partial charge >= 0.3 is 5.97 Å². The predicted octanol–water partition coefficient (Wildman–Crippen LogP) is 4.11. The maximum atomic E-state index is 12.0. The lowest BCUT2D eigenvalue weighted by Crippen LogP contribution is -2.41. The summed E-state index contributed by atoms with van der Waals surface area (Å²) in [5, 5.41) is 21.2. The van der Waals surface area contributed by atoms with Gasteiger partial charge in [0, 0.05) is 12.0 Å². The Hall–Kier alpha value is -2.48. The number of carboxylic acid groups (broad SMARTS) is 1. The molecule has 0 saturated carbocycles. The Morgan fingerprint density at radius 3 is 2.44 bits per heavy atom. The molecular formula is C22H31NO4. The van der Waals surface area contributed by atoms with Crippen LogP contribution in [0.5, 0.6) is 5.75 Å². The molecule has 1 amide bonds. The molecule has 0 aliphatic heterocycles. The van der Waals surface area contributed by atoms with E-state index in [1.807, 2.05) is 0 Å². The number of aromatic hydroxyl groups is 1. The van der Waals surface area contributed by atoms with Crippen LogP contribution in [-0.4, -0.2) is 28.1 Å². The highest BCUT2D eigenvalue weighted by atomic mass is 16.4. The van der Waals surface area contributed by atoms with Crippen molar-refractivity contribution in [2.75, 3.05) is 0 Å². The van der Waals surface area contributed by atoms with E-state index in [4.69, 9.17) is 0 Å². The number of carbonyl (C=O) groups is 2. The van der Waals surface area contributed by atoms with Crippen molar-refractivity contribution in [2.24, 2.45) is 0 Å². The Morgan fingerprint density at radius 1 is 1.15 bits per heavy atom. The third kappa shape index (κ3) is 9.69. The van der Waals surface area contributed by atoms with Gasteiger partial charge in [0.2, 0.25) is 5.91 Å². The molecule has 27 heavy (non-hydrogen) atoms. The summed E-state index contributed by atoms with van der Waals surface area (Å²) < 4.78 is 0. The number of unbranched alkanes of at least 4 members (excludes halogenated alkanes) is 7. The van der Waals surface area contributed by atoms with Gasteiger partial charge in [0.1, 0.15) is 6.04 Å². The molecule has 1 aromatic carbocycles. The van der Waals surface area contributed by atoms with Crippen molar-refractivity contribution in [1.82, 2.24) is 5.32 Å². The molecule has 1 atom stereocenters. The molecule has 0 spiro atoms. The zero-order chi connectivity index (χ0) is 20.1. The zero-order valence-corrected chi connectivity index (χ0v) is 16.4. The topological polar surface area (TPSA) is 86.6 Å². The van der Waals surface area contributed by atoms with Gasteiger partial charge in [-0.15, -0.1) is 0 Å². The lowest BCUT2D eigenvalue weighted by molar-refractivity contribution is -0.141. The first-order valence-electron chi connectivity index (χ1n) is 9.76. The lowest BCUT2D eigenvalue weighted by Gasteiger charge is -2.13. The first-order valence-corrected chi connectivity index (χ1v) is 9.76. The second-order valence-electron chi connectivity index (χ2n) is 6.86. The van der Waals surface area contributed by atoms with Crippen molar-refractivity contribution in [3.8, 4) is 5.75 Å². The van der Waals surface area contributed by atoms with Crippen molar-refractivity contribution in [1.29, 1.82) is 0 Å². The Kier molecular flexibility index (Phi) is 10.7. The quantitative estimate of drug-likeness (QED) is 0.359. The van der Waals surface area contributed by atoms with Crippen molar-refractivity contribution in [3.05, 3.63) is 41.5 Å². The monoisotopic (exact) mass is 373 g/mol. The molecule has 0 aromatic heterocycles. The first kappa shape index (κ1) is 22.6. The van der Waals surface area contributed by atoms with Gasteiger partial charge in [-0.1, -0.05) is 57.6 Å². The van der Waals surface area contributed by atoms with Crippen molar-refractivity contribution < 1.29 is 19.8 Å². The minimum Gasteiger partial charge on any atom is -0.501 e. The Bertz CT molecular complexity index is 625. The number of rotatable bonds is 13. The summed E-state index contributed by atoms with van der Waals surface area (Å²) in [6.07, 6.45) is 12.6. The van der Waals surface area contributed by atoms with Gasteiger partial charge in [0.15, 0.2) is 5.75 Å². The molecule has 0 aliphatic carbocycles. The van der Waals surface area contributed by atoms with Gasteiger partial charge in [-0.2, -0.15) is 0 Å². The molecule has 1 rings (SSSR count). The highest BCUT2D eigenvalue weighted by molar-refractivity contribution is 5.91. The fourth-order valence-corrected chi connectivity index (χ4v) is 2.81. The van der Waals surface area contributed by atoms with Crippen LogP contribution in [0.4, 0.5) is 0 Å². The van der Waals surface area contributed by atoms with E-state index in [1.54, 1.807) is 13.0 Å². The summed E-state index contributed by atoms with van der Waals surface area (Å²) in [5.41, 5.74) is 1.31. The van der Waals surface area contributed by atoms with Crippen LogP contribution < -0.4 is 5.32 Å². The summed E-state index contributed by atoms with van der Waals surface area (Å²) >= 11 is 0. The first-order chi connectivity index (χ1) is 12.9. The van der Waals surface area contributed by atoms with Crippen LogP contribution in [0, 0.1) is 19.1 Å². The minimum absolute atomic E-state index is 0.0412. The lowest BCUT2D eigenvalue weighted by atomic mass is 10.0. The summed E-state index contributed by atoms with van der Waals surface area (Å²) in [7, 11) is 0. The van der Waals surface area contributed by atoms with Crippen LogP contribution in [0.2, 0.25) is 0 Å². The largest absolute Gasteiger partial charge is 0.501 e. The Balaban J connectivity index is 2.37. The van der Waals surface area contributed by atoms with Crippen molar-refractivity contribution >= 4 is 11.9 Å². The minimum atomic E-state index is -1.11. The SMILES string of the molecule is CCCCCCCCC/C=C/C(=O)NC(Cc1c#cc(O)cc1C)C(=O)O. The van der Waals surface area contributed by atoms with Gasteiger partial charge in [0.05, 0.1) is 0 Å². The van der Waals surface area contributed by atoms with Gasteiger partial charge in [0.25, 0.3) is 0 Å². The molecule has 5 nitrogen and oxygen atoms in total. The molecule has 1 aromatic rings. The third-order valence-corrected chi connectivity index (χ3v) is 4.44. The van der Waals surface area contributed by atoms with Crippen molar-refractivity contribution in [2.45, 2.75) is 77.7 Å². The maximum Gasteiger partial charge on any atom is 0.326 e. The van der Waals surface area contributed by atoms with E-state index < -0.39 is 17.9 Å². The van der Waals surface area contributed by atoms with E-state index >= 15 is 0 Å². The smallest absolute Gasteiger partial charge is 0.326 e. The second-order valence-corrected chi connectivity index (χ2v) is 6.86. The van der Waals surface area contributed by atoms with Crippen LogP contribution in [0.1, 0.15) is 69.4 Å². The number of amides is 1. The summed E-state index contributed by atoms with van der Waals surface area (Å²) in [6.45, 7) is 3.95. The van der Waals surface area contributed by atoms with E-state index in [2.05, 4.69) is 24.4 Å². The number of aryl methyl sites for hydroxylation is 1. The number of aliphatic carboxylic acids is 1. The Labute approximate surface area is 162 Å². The molecule has 0 radical (unpaired) electrons. The van der Waals surface area contributed by atoms with Crippen LogP contribution in [0.25, 0.3) is 0 Å². The Morgan fingerprint density at radius 2 is 1.81 bits per heavy atom. The van der Waals surface area contributed by atoms with E-state index in [0.29, 0.717) is 11.1 Å². The van der Waals surface area contributed by atoms with Crippen LogP contribution >= 0.6 is 0 Å². The number of carbonyl (C=O) groups excluding carboxylic acids is 1. The predicted molar refractivity (Wildman–Crippen MR) is 106 cm³/mol. The van der Waals surface area contributed by atoms with Crippen LogP contribution in [-0.2, 0) is 16.0 Å². The van der Waals surface area contributed by atoms with Crippen molar-refractivity contribution in [3.63, 3.8) is 0 Å². The number of carboxylic acids is 1. The molecule has 1 unspecified atom stereocenters. The summed E-state index contributed by atoms with van der Waals surface area (Å²) in [5.74, 6) is -1.56. The summed E-state index contributed by atoms with van der Waals surface area (Å²) in [4.78, 5) is 23.4. The number of hydrogen-bond donors (Lipinski definition) is 3. The normalized spacial score (nSPS) is 11.9. The average molecular weight is 373 g/mol. The molecule has 0 saturated heterocycles. The number of allylic oxidation sites excluding steroid dienone is 1. The zero-order valence-electron chi connectivity index (χ0n) is 16.4. The second kappa shape index (κ2) is 12.8.